The standard InChI is InChI=1S/C27H25FN4O5/c1-15-12-18(17(3)32(15)23-11-7-8-19(16(23)2)26(35)37-4)13-22-25(34)31(27(36)30-22)14-24(33)29-21-10-6-5-9-20(21)28/h5-13H,14H2,1-4H3,(H,29,33)(H,30,36)/b22-13+. The van der Waals surface area contributed by atoms with Gasteiger partial charge >= 0.3 is 12.0 Å². The molecule has 37 heavy (non-hydrogen) atoms. The molecule has 190 valence electrons. The Morgan fingerprint density at radius 3 is 2.51 bits per heavy atom. The minimum Gasteiger partial charge on any atom is -0.465 e. The van der Waals surface area contributed by atoms with Crippen LogP contribution in [0.2, 0.25) is 0 Å². The van der Waals surface area contributed by atoms with Crippen LogP contribution < -0.4 is 10.6 Å². The quantitative estimate of drug-likeness (QED) is 0.301. The van der Waals surface area contributed by atoms with E-state index in [0.717, 1.165) is 27.5 Å². The number of esters is 1. The minimum absolute atomic E-state index is 0.00368. The van der Waals surface area contributed by atoms with Gasteiger partial charge in [-0.15, -0.1) is 0 Å². The largest absolute Gasteiger partial charge is 0.465 e. The zero-order chi connectivity index (χ0) is 26.9. The summed E-state index contributed by atoms with van der Waals surface area (Å²) in [4.78, 5) is 50.6. The van der Waals surface area contributed by atoms with Crippen molar-refractivity contribution >= 4 is 35.6 Å². The number of rotatable bonds is 6. The van der Waals surface area contributed by atoms with Gasteiger partial charge in [0.1, 0.15) is 18.1 Å². The highest BCUT2D eigenvalue weighted by molar-refractivity contribution is 6.16. The van der Waals surface area contributed by atoms with E-state index in [9.17, 15) is 23.6 Å². The number of aryl methyl sites for hydroxylation is 1. The number of carbonyl (C=O) groups is 4. The molecule has 0 bridgehead atoms. The average molecular weight is 505 g/mol. The van der Waals surface area contributed by atoms with Gasteiger partial charge in [-0.2, -0.15) is 0 Å². The van der Waals surface area contributed by atoms with E-state index in [-0.39, 0.29) is 11.4 Å². The number of carbonyl (C=O) groups excluding carboxylic acids is 4. The molecular weight excluding hydrogens is 479 g/mol. The Bertz CT molecular complexity index is 1470. The summed E-state index contributed by atoms with van der Waals surface area (Å²) in [5, 5.41) is 4.85. The van der Waals surface area contributed by atoms with Crippen molar-refractivity contribution in [1.29, 1.82) is 0 Å². The third-order valence-corrected chi connectivity index (χ3v) is 6.13. The van der Waals surface area contributed by atoms with Crippen LogP contribution in [0.5, 0.6) is 0 Å². The van der Waals surface area contributed by atoms with Crippen LogP contribution in [0.4, 0.5) is 14.9 Å². The Labute approximate surface area is 212 Å². The fourth-order valence-corrected chi connectivity index (χ4v) is 4.27. The van der Waals surface area contributed by atoms with E-state index < -0.39 is 36.2 Å². The number of methoxy groups -OCH3 is 1. The highest BCUT2D eigenvalue weighted by Gasteiger charge is 2.35. The molecule has 9 nitrogen and oxygen atoms in total. The second kappa shape index (κ2) is 10.1. The van der Waals surface area contributed by atoms with Crippen molar-refractivity contribution in [2.45, 2.75) is 20.8 Å². The van der Waals surface area contributed by atoms with E-state index in [1.807, 2.05) is 37.5 Å². The fraction of sp³-hybridized carbons (Fsp3) is 0.185. The van der Waals surface area contributed by atoms with Crippen LogP contribution in [0.25, 0.3) is 11.8 Å². The number of ether oxygens (including phenoxy) is 1. The number of imide groups is 1. The number of hydrogen-bond donors (Lipinski definition) is 2. The number of anilines is 1. The first-order chi connectivity index (χ1) is 17.6. The predicted octanol–water partition coefficient (Wildman–Crippen LogP) is 3.86. The SMILES string of the molecule is COC(=O)c1cccc(-n2c(C)cc(/C=C3/NC(=O)N(CC(=O)Nc4ccccc4F)C3=O)c2C)c1C. The van der Waals surface area contributed by atoms with Crippen LogP contribution in [0.1, 0.15) is 32.9 Å². The van der Waals surface area contributed by atoms with E-state index >= 15 is 0 Å². The van der Waals surface area contributed by atoms with Gasteiger partial charge in [0.15, 0.2) is 0 Å². The third kappa shape index (κ3) is 4.86. The maximum Gasteiger partial charge on any atom is 0.338 e. The first kappa shape index (κ1) is 25.4. The summed E-state index contributed by atoms with van der Waals surface area (Å²) < 4.78 is 20.6. The number of aromatic nitrogens is 1. The lowest BCUT2D eigenvalue weighted by Gasteiger charge is -2.15. The van der Waals surface area contributed by atoms with Gasteiger partial charge in [0.25, 0.3) is 5.91 Å². The molecule has 3 aromatic rings. The lowest BCUT2D eigenvalue weighted by atomic mass is 10.1. The van der Waals surface area contributed by atoms with Gasteiger partial charge in [-0.1, -0.05) is 18.2 Å². The van der Waals surface area contributed by atoms with E-state index in [0.29, 0.717) is 11.1 Å². The molecule has 4 amide bonds. The Kier molecular flexibility index (Phi) is 6.92. The number of nitrogens with zero attached hydrogens (tertiary/aromatic N) is 2. The molecule has 2 aromatic carbocycles. The molecule has 1 aliphatic rings. The van der Waals surface area contributed by atoms with E-state index in [1.165, 1.54) is 31.4 Å². The summed E-state index contributed by atoms with van der Waals surface area (Å²) in [7, 11) is 1.32. The topological polar surface area (TPSA) is 110 Å². The maximum absolute atomic E-state index is 13.8. The van der Waals surface area contributed by atoms with Crippen LogP contribution in [0.3, 0.4) is 0 Å². The predicted molar refractivity (Wildman–Crippen MR) is 135 cm³/mol. The molecule has 0 unspecified atom stereocenters. The smallest absolute Gasteiger partial charge is 0.338 e. The van der Waals surface area contributed by atoms with Gasteiger partial charge in [-0.3, -0.25) is 9.59 Å². The molecule has 2 heterocycles. The molecule has 4 rings (SSSR count). The molecule has 0 saturated carbocycles. The molecule has 1 saturated heterocycles. The van der Waals surface area contributed by atoms with Crippen LogP contribution in [0, 0.1) is 26.6 Å². The molecule has 2 N–H and O–H groups in total. The van der Waals surface area contributed by atoms with Crippen molar-refractivity contribution in [3.05, 3.63) is 88.1 Å². The molecule has 10 heteroatoms. The molecule has 0 aliphatic carbocycles. The normalized spacial score (nSPS) is 14.2. The summed E-state index contributed by atoms with van der Waals surface area (Å²) in [5.41, 5.74) is 4.18. The Balaban J connectivity index is 1.58. The van der Waals surface area contributed by atoms with E-state index in [4.69, 9.17) is 4.74 Å². The summed E-state index contributed by atoms with van der Waals surface area (Å²) in [6.45, 7) is 4.98. The molecule has 1 fully saturated rings. The Morgan fingerprint density at radius 1 is 1.08 bits per heavy atom. The molecule has 1 aliphatic heterocycles. The van der Waals surface area contributed by atoms with Crippen molar-refractivity contribution in [1.82, 2.24) is 14.8 Å². The van der Waals surface area contributed by atoms with Gasteiger partial charge in [0.2, 0.25) is 5.91 Å². The second-order valence-electron chi connectivity index (χ2n) is 8.51. The third-order valence-electron chi connectivity index (χ3n) is 6.13. The van der Waals surface area contributed by atoms with Crippen molar-refractivity contribution in [3.63, 3.8) is 0 Å². The summed E-state index contributed by atoms with van der Waals surface area (Å²) >= 11 is 0. The molecule has 0 spiro atoms. The van der Waals surface area contributed by atoms with E-state index in [1.54, 1.807) is 18.2 Å². The van der Waals surface area contributed by atoms with Gasteiger partial charge in [0, 0.05) is 17.1 Å². The molecule has 0 radical (unpaired) electrons. The Hall–Kier alpha value is -4.73. The number of benzene rings is 2. The summed E-state index contributed by atoms with van der Waals surface area (Å²) in [5.74, 6) is -2.46. The number of para-hydroxylation sites is 1. The average Bonchev–Trinajstić information content (AvgIpc) is 3.29. The Morgan fingerprint density at radius 2 is 1.81 bits per heavy atom. The monoisotopic (exact) mass is 504 g/mol. The molecular formula is C27H25FN4O5. The van der Waals surface area contributed by atoms with Crippen molar-refractivity contribution < 1.29 is 28.3 Å². The zero-order valence-corrected chi connectivity index (χ0v) is 20.7. The minimum atomic E-state index is -0.754. The number of hydrogen-bond acceptors (Lipinski definition) is 5. The fourth-order valence-electron chi connectivity index (χ4n) is 4.27. The van der Waals surface area contributed by atoms with Crippen LogP contribution in [0.15, 0.2) is 54.2 Å². The molecule has 1 aromatic heterocycles. The number of nitrogens with one attached hydrogen (secondary N) is 2. The van der Waals surface area contributed by atoms with Gasteiger partial charge < -0.3 is 19.9 Å². The number of halogens is 1. The second-order valence-corrected chi connectivity index (χ2v) is 8.51. The number of urea groups is 1. The summed E-state index contributed by atoms with van der Waals surface area (Å²) in [6, 6.07) is 12.0. The van der Waals surface area contributed by atoms with Crippen LogP contribution in [-0.2, 0) is 14.3 Å². The zero-order valence-electron chi connectivity index (χ0n) is 20.7. The van der Waals surface area contributed by atoms with Crippen molar-refractivity contribution in [3.8, 4) is 5.69 Å². The lowest BCUT2D eigenvalue weighted by Crippen LogP contribution is -2.38. The van der Waals surface area contributed by atoms with Gasteiger partial charge in [0.05, 0.1) is 18.4 Å². The highest BCUT2D eigenvalue weighted by Crippen LogP contribution is 2.27. The first-order valence-corrected chi connectivity index (χ1v) is 11.4. The van der Waals surface area contributed by atoms with Crippen LogP contribution in [-0.4, -0.2) is 46.9 Å². The maximum atomic E-state index is 13.8. The number of amides is 4. The van der Waals surface area contributed by atoms with Crippen LogP contribution >= 0.6 is 0 Å². The van der Waals surface area contributed by atoms with Crippen molar-refractivity contribution in [2.75, 3.05) is 19.0 Å². The molecule has 0 atom stereocenters. The highest BCUT2D eigenvalue weighted by atomic mass is 19.1. The van der Waals surface area contributed by atoms with E-state index in [2.05, 4.69) is 10.6 Å². The van der Waals surface area contributed by atoms with Crippen molar-refractivity contribution in [2.24, 2.45) is 0 Å². The first-order valence-electron chi connectivity index (χ1n) is 11.4. The summed E-state index contributed by atoms with van der Waals surface area (Å²) in [6.07, 6.45) is 1.54. The van der Waals surface area contributed by atoms with Gasteiger partial charge in [-0.05, 0) is 68.3 Å². The van der Waals surface area contributed by atoms with Gasteiger partial charge in [-0.25, -0.2) is 18.9 Å². The lowest BCUT2D eigenvalue weighted by molar-refractivity contribution is -0.127.